The molecule has 0 spiro atoms. The number of rotatable bonds is 2. The van der Waals surface area contributed by atoms with Gasteiger partial charge in [-0.3, -0.25) is 9.48 Å². The molecule has 1 N–H and O–H groups in total. The van der Waals surface area contributed by atoms with Gasteiger partial charge in [-0.2, -0.15) is 5.10 Å². The number of aryl methyl sites for hydroxylation is 1. The summed E-state index contributed by atoms with van der Waals surface area (Å²) in [5, 5.41) is 6.56. The topological polar surface area (TPSA) is 73.0 Å². The Labute approximate surface area is 79.6 Å². The van der Waals surface area contributed by atoms with Crippen molar-refractivity contribution in [3.8, 4) is 0 Å². The van der Waals surface area contributed by atoms with Crippen LogP contribution in [0.15, 0.2) is 29.3 Å². The Kier molecular flexibility index (Phi) is 2.02. The molecule has 0 aliphatic rings. The Morgan fingerprint density at radius 1 is 1.64 bits per heavy atom. The summed E-state index contributed by atoms with van der Waals surface area (Å²) >= 11 is 0. The van der Waals surface area contributed by atoms with Crippen LogP contribution in [0.25, 0.3) is 0 Å². The van der Waals surface area contributed by atoms with Gasteiger partial charge in [-0.05, 0) is 0 Å². The van der Waals surface area contributed by atoms with E-state index >= 15 is 0 Å². The van der Waals surface area contributed by atoms with E-state index in [2.05, 4.69) is 19.8 Å². The van der Waals surface area contributed by atoms with E-state index in [-0.39, 0.29) is 11.6 Å². The summed E-state index contributed by atoms with van der Waals surface area (Å²) in [6.45, 7) is 0. The number of amides is 1. The van der Waals surface area contributed by atoms with Gasteiger partial charge in [-0.1, -0.05) is 0 Å². The minimum atomic E-state index is -0.336. The van der Waals surface area contributed by atoms with Gasteiger partial charge in [0.1, 0.15) is 6.26 Å². The summed E-state index contributed by atoms with van der Waals surface area (Å²) in [7, 11) is 1.77. The fraction of sp³-hybridized carbons (Fsp3) is 0.125. The maximum absolute atomic E-state index is 11.4. The van der Waals surface area contributed by atoms with Gasteiger partial charge >= 0.3 is 0 Å². The van der Waals surface area contributed by atoms with Crippen molar-refractivity contribution < 1.29 is 9.21 Å². The number of carbonyl (C=O) groups excluding carboxylic acids is 1. The monoisotopic (exact) mass is 192 g/mol. The first-order valence-electron chi connectivity index (χ1n) is 3.95. The molecule has 0 aliphatic heterocycles. The maximum atomic E-state index is 11.4. The second-order valence-electron chi connectivity index (χ2n) is 2.70. The number of nitrogens with zero attached hydrogens (tertiary/aromatic N) is 3. The average Bonchev–Trinajstić information content (AvgIpc) is 2.75. The largest absolute Gasteiger partial charge is 0.451 e. The molecule has 0 bridgehead atoms. The molecule has 2 aromatic rings. The molecule has 0 saturated carbocycles. The third kappa shape index (κ3) is 1.63. The second-order valence-corrected chi connectivity index (χ2v) is 2.70. The number of aromatic nitrogens is 3. The van der Waals surface area contributed by atoms with E-state index in [1.807, 2.05) is 0 Å². The molecule has 6 heteroatoms. The highest BCUT2D eigenvalue weighted by Crippen LogP contribution is 2.03. The van der Waals surface area contributed by atoms with Crippen molar-refractivity contribution in [1.82, 2.24) is 14.8 Å². The molecule has 0 fully saturated rings. The van der Waals surface area contributed by atoms with Crippen molar-refractivity contribution in [1.29, 1.82) is 0 Å². The normalized spacial score (nSPS) is 10.1. The van der Waals surface area contributed by atoms with Gasteiger partial charge in [0.25, 0.3) is 5.91 Å². The summed E-state index contributed by atoms with van der Waals surface area (Å²) in [5.41, 5.74) is 0.232. The van der Waals surface area contributed by atoms with Gasteiger partial charge in [-0.25, -0.2) is 4.98 Å². The minimum Gasteiger partial charge on any atom is -0.451 e. The zero-order valence-electron chi connectivity index (χ0n) is 7.47. The van der Waals surface area contributed by atoms with E-state index in [1.54, 1.807) is 24.0 Å². The van der Waals surface area contributed by atoms with Gasteiger partial charge in [0.15, 0.2) is 17.9 Å². The number of nitrogens with one attached hydrogen (secondary N) is 1. The number of oxazole rings is 1. The molecule has 0 aliphatic carbocycles. The molecule has 6 nitrogen and oxygen atoms in total. The van der Waals surface area contributed by atoms with Crippen LogP contribution in [-0.4, -0.2) is 20.7 Å². The zero-order valence-corrected chi connectivity index (χ0v) is 7.47. The van der Waals surface area contributed by atoms with Crippen LogP contribution in [0.5, 0.6) is 0 Å². The fourth-order valence-electron chi connectivity index (χ4n) is 0.987. The predicted molar refractivity (Wildman–Crippen MR) is 47.7 cm³/mol. The molecule has 0 saturated heterocycles. The number of anilines is 1. The minimum absolute atomic E-state index is 0.232. The van der Waals surface area contributed by atoms with E-state index in [1.165, 1.54) is 12.7 Å². The highest BCUT2D eigenvalue weighted by atomic mass is 16.3. The summed E-state index contributed by atoms with van der Waals surface area (Å²) < 4.78 is 6.28. The Morgan fingerprint density at radius 3 is 3.07 bits per heavy atom. The summed E-state index contributed by atoms with van der Waals surface area (Å²) in [6.07, 6.45) is 4.21. The summed E-state index contributed by atoms with van der Waals surface area (Å²) in [6, 6.07) is 1.69. The molecule has 2 heterocycles. The molecule has 0 radical (unpaired) electrons. The summed E-state index contributed by atoms with van der Waals surface area (Å²) in [5.74, 6) is 0.151. The third-order valence-corrected chi connectivity index (χ3v) is 1.62. The lowest BCUT2D eigenvalue weighted by Crippen LogP contribution is -2.12. The highest BCUT2D eigenvalue weighted by molar-refractivity contribution is 6.01. The first kappa shape index (κ1) is 8.49. The predicted octanol–water partition coefficient (Wildman–Crippen LogP) is 0.660. The van der Waals surface area contributed by atoms with Crippen molar-refractivity contribution >= 4 is 11.7 Å². The standard InChI is InChI=1S/C8H8N4O2/c1-12-3-2-7(11-12)10-8(13)6-4-14-5-9-6/h2-5H,1H3,(H,10,11,13). The van der Waals surface area contributed by atoms with Crippen LogP contribution in [0.1, 0.15) is 10.5 Å². The molecule has 2 aromatic heterocycles. The molecule has 0 aromatic carbocycles. The molecule has 0 unspecified atom stereocenters. The van der Waals surface area contributed by atoms with E-state index in [0.29, 0.717) is 5.82 Å². The van der Waals surface area contributed by atoms with E-state index in [4.69, 9.17) is 0 Å². The molecule has 2 rings (SSSR count). The maximum Gasteiger partial charge on any atom is 0.278 e. The molecule has 72 valence electrons. The fourth-order valence-corrected chi connectivity index (χ4v) is 0.987. The second kappa shape index (κ2) is 3.33. The number of hydrogen-bond donors (Lipinski definition) is 1. The molecular formula is C8H8N4O2. The van der Waals surface area contributed by atoms with E-state index in [9.17, 15) is 4.79 Å². The van der Waals surface area contributed by atoms with Crippen molar-refractivity contribution in [3.05, 3.63) is 30.6 Å². The smallest absolute Gasteiger partial charge is 0.278 e. The Balaban J connectivity index is 2.09. The van der Waals surface area contributed by atoms with Crippen LogP contribution in [0.2, 0.25) is 0 Å². The van der Waals surface area contributed by atoms with Crippen LogP contribution in [0, 0.1) is 0 Å². The third-order valence-electron chi connectivity index (χ3n) is 1.62. The lowest BCUT2D eigenvalue weighted by atomic mass is 10.4. The average molecular weight is 192 g/mol. The van der Waals surface area contributed by atoms with Gasteiger partial charge < -0.3 is 9.73 Å². The van der Waals surface area contributed by atoms with Crippen LogP contribution in [0.3, 0.4) is 0 Å². The van der Waals surface area contributed by atoms with Crippen LogP contribution < -0.4 is 5.32 Å². The lowest BCUT2D eigenvalue weighted by molar-refractivity contribution is 0.102. The molecular weight excluding hydrogens is 184 g/mol. The number of carbonyl (C=O) groups is 1. The molecule has 0 atom stereocenters. The first-order chi connectivity index (χ1) is 6.75. The van der Waals surface area contributed by atoms with Gasteiger partial charge in [-0.15, -0.1) is 0 Å². The van der Waals surface area contributed by atoms with Crippen LogP contribution >= 0.6 is 0 Å². The van der Waals surface area contributed by atoms with Gasteiger partial charge in [0.2, 0.25) is 0 Å². The SMILES string of the molecule is Cn1ccc(NC(=O)c2cocn2)n1. The van der Waals surface area contributed by atoms with Crippen molar-refractivity contribution in [3.63, 3.8) is 0 Å². The van der Waals surface area contributed by atoms with Crippen LogP contribution in [-0.2, 0) is 7.05 Å². The van der Waals surface area contributed by atoms with Crippen molar-refractivity contribution in [2.75, 3.05) is 5.32 Å². The first-order valence-corrected chi connectivity index (χ1v) is 3.95. The Morgan fingerprint density at radius 2 is 2.50 bits per heavy atom. The molecule has 14 heavy (non-hydrogen) atoms. The van der Waals surface area contributed by atoms with E-state index in [0.717, 1.165) is 0 Å². The van der Waals surface area contributed by atoms with Gasteiger partial charge in [0, 0.05) is 19.3 Å². The Bertz CT molecular complexity index is 432. The quantitative estimate of drug-likeness (QED) is 0.758. The Hall–Kier alpha value is -2.11. The number of hydrogen-bond acceptors (Lipinski definition) is 4. The van der Waals surface area contributed by atoms with Crippen LogP contribution in [0.4, 0.5) is 5.82 Å². The zero-order chi connectivity index (χ0) is 9.97. The molecule has 1 amide bonds. The lowest BCUT2D eigenvalue weighted by Gasteiger charge is -1.96. The highest BCUT2D eigenvalue weighted by Gasteiger charge is 2.09. The van der Waals surface area contributed by atoms with Crippen molar-refractivity contribution in [2.24, 2.45) is 7.05 Å². The summed E-state index contributed by atoms with van der Waals surface area (Å²) in [4.78, 5) is 15.1. The van der Waals surface area contributed by atoms with Gasteiger partial charge in [0.05, 0.1) is 0 Å². The van der Waals surface area contributed by atoms with E-state index < -0.39 is 0 Å². The van der Waals surface area contributed by atoms with Crippen molar-refractivity contribution in [2.45, 2.75) is 0 Å².